The highest BCUT2D eigenvalue weighted by atomic mass is 16.5. The monoisotopic (exact) mass is 272 g/mol. The molecule has 1 aliphatic rings. The Hall–Kier alpha value is -0.160. The van der Waals surface area contributed by atoms with E-state index in [4.69, 9.17) is 9.47 Å². The highest BCUT2D eigenvalue weighted by molar-refractivity contribution is 4.93. The molecule has 1 aliphatic heterocycles. The molecule has 4 nitrogen and oxygen atoms in total. The van der Waals surface area contributed by atoms with Crippen LogP contribution in [0, 0.1) is 0 Å². The summed E-state index contributed by atoms with van der Waals surface area (Å²) in [6, 6.07) is 1.16. The van der Waals surface area contributed by atoms with Gasteiger partial charge in [0, 0.05) is 39.4 Å². The SMILES string of the molecule is CCCC(NCC)C(CC)N1CC(OC)C(OC)C1. The third-order valence-electron chi connectivity index (χ3n) is 4.27. The summed E-state index contributed by atoms with van der Waals surface area (Å²) in [5.74, 6) is 0. The Morgan fingerprint density at radius 3 is 2.05 bits per heavy atom. The second-order valence-corrected chi connectivity index (χ2v) is 5.43. The summed E-state index contributed by atoms with van der Waals surface area (Å²) in [6.07, 6.45) is 4.05. The summed E-state index contributed by atoms with van der Waals surface area (Å²) >= 11 is 0. The van der Waals surface area contributed by atoms with Gasteiger partial charge >= 0.3 is 0 Å². The molecule has 114 valence electrons. The lowest BCUT2D eigenvalue weighted by molar-refractivity contribution is -0.00461. The maximum absolute atomic E-state index is 5.55. The molecule has 1 saturated heterocycles. The molecule has 0 aromatic rings. The molecule has 0 aromatic carbocycles. The first kappa shape index (κ1) is 16.9. The average molecular weight is 272 g/mol. The van der Waals surface area contributed by atoms with Crippen molar-refractivity contribution in [2.45, 2.75) is 64.3 Å². The molecule has 1 fully saturated rings. The smallest absolute Gasteiger partial charge is 0.0971 e. The van der Waals surface area contributed by atoms with Gasteiger partial charge in [0.15, 0.2) is 0 Å². The quantitative estimate of drug-likeness (QED) is 0.695. The van der Waals surface area contributed by atoms with Crippen molar-refractivity contribution in [1.82, 2.24) is 10.2 Å². The van der Waals surface area contributed by atoms with Gasteiger partial charge in [-0.25, -0.2) is 0 Å². The minimum atomic E-state index is 0.211. The number of rotatable bonds is 9. The molecule has 4 heteroatoms. The molecule has 0 spiro atoms. The first-order chi connectivity index (χ1) is 9.21. The lowest BCUT2D eigenvalue weighted by atomic mass is 9.99. The summed E-state index contributed by atoms with van der Waals surface area (Å²) < 4.78 is 11.1. The Morgan fingerprint density at radius 1 is 1.11 bits per heavy atom. The van der Waals surface area contributed by atoms with Crippen molar-refractivity contribution in [2.24, 2.45) is 0 Å². The van der Waals surface area contributed by atoms with Gasteiger partial charge in [0.25, 0.3) is 0 Å². The van der Waals surface area contributed by atoms with Crippen LogP contribution < -0.4 is 5.32 Å². The van der Waals surface area contributed by atoms with Crippen LogP contribution >= 0.6 is 0 Å². The molecule has 4 unspecified atom stereocenters. The molecule has 0 radical (unpaired) electrons. The molecule has 0 aliphatic carbocycles. The van der Waals surface area contributed by atoms with Crippen LogP contribution in [0.4, 0.5) is 0 Å². The second-order valence-electron chi connectivity index (χ2n) is 5.43. The standard InChI is InChI=1S/C15H32N2O2/c1-6-9-12(16-8-3)13(7-2)17-10-14(18-4)15(11-17)19-5/h12-16H,6-11H2,1-5H3. The molecule has 1 heterocycles. The molecule has 1 rings (SSSR count). The van der Waals surface area contributed by atoms with Gasteiger partial charge in [-0.2, -0.15) is 0 Å². The van der Waals surface area contributed by atoms with E-state index in [9.17, 15) is 0 Å². The lowest BCUT2D eigenvalue weighted by Crippen LogP contribution is -2.49. The predicted octanol–water partition coefficient (Wildman–Crippen LogP) is 1.89. The number of ether oxygens (including phenoxy) is 2. The zero-order valence-corrected chi connectivity index (χ0v) is 13.3. The van der Waals surface area contributed by atoms with Gasteiger partial charge in [0.05, 0.1) is 12.2 Å². The van der Waals surface area contributed by atoms with Gasteiger partial charge < -0.3 is 14.8 Å². The number of nitrogens with one attached hydrogen (secondary N) is 1. The number of likely N-dealkylation sites (N-methyl/N-ethyl adjacent to an activating group) is 1. The molecular formula is C15H32N2O2. The van der Waals surface area contributed by atoms with E-state index in [1.54, 1.807) is 14.2 Å². The van der Waals surface area contributed by atoms with Crippen LogP contribution in [0.15, 0.2) is 0 Å². The van der Waals surface area contributed by atoms with Crippen molar-refractivity contribution in [2.75, 3.05) is 33.9 Å². The maximum Gasteiger partial charge on any atom is 0.0971 e. The Bertz CT molecular complexity index is 220. The van der Waals surface area contributed by atoms with E-state index in [2.05, 4.69) is 31.0 Å². The van der Waals surface area contributed by atoms with E-state index in [0.717, 1.165) is 19.6 Å². The molecule has 0 saturated carbocycles. The normalized spacial score (nSPS) is 27.6. The van der Waals surface area contributed by atoms with Gasteiger partial charge in [-0.1, -0.05) is 27.2 Å². The fraction of sp³-hybridized carbons (Fsp3) is 1.00. The van der Waals surface area contributed by atoms with Crippen LogP contribution in [-0.4, -0.2) is 63.0 Å². The van der Waals surface area contributed by atoms with Crippen molar-refractivity contribution in [3.05, 3.63) is 0 Å². The van der Waals surface area contributed by atoms with E-state index >= 15 is 0 Å². The minimum absolute atomic E-state index is 0.211. The van der Waals surface area contributed by atoms with E-state index in [0.29, 0.717) is 12.1 Å². The first-order valence-corrected chi connectivity index (χ1v) is 7.74. The maximum atomic E-state index is 5.55. The van der Waals surface area contributed by atoms with Crippen molar-refractivity contribution < 1.29 is 9.47 Å². The zero-order chi connectivity index (χ0) is 14.3. The van der Waals surface area contributed by atoms with Gasteiger partial charge in [0.1, 0.15) is 0 Å². The van der Waals surface area contributed by atoms with Crippen molar-refractivity contribution in [3.8, 4) is 0 Å². The van der Waals surface area contributed by atoms with Gasteiger partial charge in [0.2, 0.25) is 0 Å². The number of nitrogens with zero attached hydrogens (tertiary/aromatic N) is 1. The number of methoxy groups -OCH3 is 2. The largest absolute Gasteiger partial charge is 0.377 e. The van der Waals surface area contributed by atoms with E-state index in [1.165, 1.54) is 19.3 Å². The van der Waals surface area contributed by atoms with E-state index in [1.807, 2.05) is 0 Å². The topological polar surface area (TPSA) is 33.7 Å². The lowest BCUT2D eigenvalue weighted by Gasteiger charge is -2.34. The summed E-state index contributed by atoms with van der Waals surface area (Å²) in [7, 11) is 3.57. The Labute approximate surface area is 118 Å². The van der Waals surface area contributed by atoms with Crippen LogP contribution in [0.2, 0.25) is 0 Å². The minimum Gasteiger partial charge on any atom is -0.377 e. The second kappa shape index (κ2) is 8.90. The Balaban J connectivity index is 2.67. The Kier molecular flexibility index (Phi) is 7.91. The van der Waals surface area contributed by atoms with Crippen molar-refractivity contribution >= 4 is 0 Å². The summed E-state index contributed by atoms with van der Waals surface area (Å²) in [5, 5.41) is 3.65. The van der Waals surface area contributed by atoms with Crippen LogP contribution in [0.3, 0.4) is 0 Å². The van der Waals surface area contributed by atoms with Gasteiger partial charge in [-0.3, -0.25) is 4.90 Å². The average Bonchev–Trinajstić information content (AvgIpc) is 2.83. The summed E-state index contributed by atoms with van der Waals surface area (Å²) in [6.45, 7) is 9.74. The molecule has 19 heavy (non-hydrogen) atoms. The number of hydrogen-bond donors (Lipinski definition) is 1. The molecule has 0 amide bonds. The highest BCUT2D eigenvalue weighted by Crippen LogP contribution is 2.22. The molecule has 4 atom stereocenters. The highest BCUT2D eigenvalue weighted by Gasteiger charge is 2.38. The van der Waals surface area contributed by atoms with Crippen molar-refractivity contribution in [1.29, 1.82) is 0 Å². The number of likely N-dealkylation sites (tertiary alicyclic amines) is 1. The van der Waals surface area contributed by atoms with Gasteiger partial charge in [-0.05, 0) is 19.4 Å². The fourth-order valence-electron chi connectivity index (χ4n) is 3.30. The van der Waals surface area contributed by atoms with Crippen LogP contribution in [-0.2, 0) is 9.47 Å². The van der Waals surface area contributed by atoms with Crippen molar-refractivity contribution in [3.63, 3.8) is 0 Å². The van der Waals surface area contributed by atoms with Crippen LogP contribution in [0.25, 0.3) is 0 Å². The Morgan fingerprint density at radius 2 is 1.68 bits per heavy atom. The summed E-state index contributed by atoms with van der Waals surface area (Å²) in [4.78, 5) is 2.55. The summed E-state index contributed by atoms with van der Waals surface area (Å²) in [5.41, 5.74) is 0. The van der Waals surface area contributed by atoms with Gasteiger partial charge in [-0.15, -0.1) is 0 Å². The van der Waals surface area contributed by atoms with Crippen LogP contribution in [0.5, 0.6) is 0 Å². The van der Waals surface area contributed by atoms with E-state index in [-0.39, 0.29) is 12.2 Å². The molecule has 1 N–H and O–H groups in total. The third kappa shape index (κ3) is 4.42. The van der Waals surface area contributed by atoms with E-state index < -0.39 is 0 Å². The first-order valence-electron chi connectivity index (χ1n) is 7.74. The fourth-order valence-corrected chi connectivity index (χ4v) is 3.30. The van der Waals surface area contributed by atoms with Crippen LogP contribution in [0.1, 0.15) is 40.0 Å². The molecular weight excluding hydrogens is 240 g/mol. The number of hydrogen-bond acceptors (Lipinski definition) is 4. The molecule has 0 bridgehead atoms. The zero-order valence-electron chi connectivity index (χ0n) is 13.3. The molecule has 0 aromatic heterocycles. The third-order valence-corrected chi connectivity index (χ3v) is 4.27. The predicted molar refractivity (Wildman–Crippen MR) is 79.6 cm³/mol.